The van der Waals surface area contributed by atoms with Gasteiger partial charge in [0.15, 0.2) is 0 Å². The zero-order chi connectivity index (χ0) is 14.5. The number of nitrogens with zero attached hydrogens (tertiary/aromatic N) is 2. The number of halogens is 3. The van der Waals surface area contributed by atoms with E-state index in [1.165, 1.54) is 0 Å². The number of nitrogen functional groups attached to an aromatic ring is 1. The fraction of sp³-hybridized carbons (Fsp3) is 0.556. The summed E-state index contributed by atoms with van der Waals surface area (Å²) >= 11 is 0. The molecule has 1 rings (SSSR count). The van der Waals surface area contributed by atoms with E-state index >= 15 is 0 Å². The number of nitrogens with one attached hydrogen (secondary N) is 1. The highest BCUT2D eigenvalue weighted by Crippen LogP contribution is 2.21. The Morgan fingerprint density at radius 2 is 1.79 bits per heavy atom. The van der Waals surface area contributed by atoms with Gasteiger partial charge in [0.05, 0.1) is 12.4 Å². The first-order valence-corrected chi connectivity index (χ1v) is 6.83. The Morgan fingerprint density at radius 3 is 2.32 bits per heavy atom. The van der Waals surface area contributed by atoms with Gasteiger partial charge in [0.2, 0.25) is 16.0 Å². The molecule has 0 unspecified atom stereocenters. The standard InChI is InChI=1S/C9H13F3N4O2S/c10-9(11,12)3-1-2-4-16-19(17,18)7-5-14-8(13)15-6-7/h5-6,16H,1-4H2,(H2,13,14,15). The first-order valence-electron chi connectivity index (χ1n) is 5.35. The third kappa shape index (κ3) is 5.83. The van der Waals surface area contributed by atoms with Crippen molar-refractivity contribution in [1.82, 2.24) is 14.7 Å². The highest BCUT2D eigenvalue weighted by molar-refractivity contribution is 7.89. The van der Waals surface area contributed by atoms with Gasteiger partial charge in [-0.3, -0.25) is 0 Å². The van der Waals surface area contributed by atoms with Crippen LogP contribution in [0, 0.1) is 0 Å². The summed E-state index contributed by atoms with van der Waals surface area (Å²) in [5.74, 6) is -0.0656. The molecule has 0 spiro atoms. The maximum atomic E-state index is 11.9. The van der Waals surface area contributed by atoms with E-state index < -0.39 is 22.6 Å². The molecule has 0 atom stereocenters. The molecule has 3 N–H and O–H groups in total. The maximum absolute atomic E-state index is 11.9. The lowest BCUT2D eigenvalue weighted by Gasteiger charge is -2.07. The van der Waals surface area contributed by atoms with Crippen LogP contribution in [0.25, 0.3) is 0 Å². The topological polar surface area (TPSA) is 98.0 Å². The number of nitrogens with two attached hydrogens (primary N) is 1. The third-order valence-electron chi connectivity index (χ3n) is 2.14. The minimum absolute atomic E-state index is 0.0656. The molecule has 19 heavy (non-hydrogen) atoms. The zero-order valence-corrected chi connectivity index (χ0v) is 10.6. The van der Waals surface area contributed by atoms with Gasteiger partial charge in [-0.25, -0.2) is 23.1 Å². The number of anilines is 1. The summed E-state index contributed by atoms with van der Waals surface area (Å²) in [6.45, 7) is -0.0806. The molecule has 0 radical (unpaired) electrons. The molecular formula is C9H13F3N4O2S. The van der Waals surface area contributed by atoms with E-state index in [-0.39, 0.29) is 30.2 Å². The minimum Gasteiger partial charge on any atom is -0.368 e. The molecule has 1 aromatic heterocycles. The van der Waals surface area contributed by atoms with Crippen LogP contribution in [-0.2, 0) is 10.0 Å². The van der Waals surface area contributed by atoms with Crippen molar-refractivity contribution in [3.05, 3.63) is 12.4 Å². The summed E-state index contributed by atoms with van der Waals surface area (Å²) < 4.78 is 61.0. The number of hydrogen-bond acceptors (Lipinski definition) is 5. The molecule has 0 bridgehead atoms. The van der Waals surface area contributed by atoms with E-state index in [1.807, 2.05) is 0 Å². The smallest absolute Gasteiger partial charge is 0.368 e. The number of aromatic nitrogens is 2. The molecule has 1 aromatic rings. The first-order chi connectivity index (χ1) is 8.71. The van der Waals surface area contributed by atoms with Crippen LogP contribution in [0.5, 0.6) is 0 Å². The summed E-state index contributed by atoms with van der Waals surface area (Å²) in [6.07, 6.45) is -3.14. The zero-order valence-electron chi connectivity index (χ0n) is 9.81. The Labute approximate surface area is 108 Å². The van der Waals surface area contributed by atoms with Crippen LogP contribution in [0.1, 0.15) is 19.3 Å². The lowest BCUT2D eigenvalue weighted by Crippen LogP contribution is -2.25. The maximum Gasteiger partial charge on any atom is 0.389 e. The molecule has 108 valence electrons. The fourth-order valence-corrected chi connectivity index (χ4v) is 2.17. The molecule has 0 aliphatic carbocycles. The number of sulfonamides is 1. The average molecular weight is 298 g/mol. The van der Waals surface area contributed by atoms with Crippen LogP contribution in [0.2, 0.25) is 0 Å². The van der Waals surface area contributed by atoms with Gasteiger partial charge in [0.1, 0.15) is 4.90 Å². The van der Waals surface area contributed by atoms with Crippen molar-refractivity contribution in [2.45, 2.75) is 30.3 Å². The largest absolute Gasteiger partial charge is 0.389 e. The van der Waals surface area contributed by atoms with Crippen LogP contribution < -0.4 is 10.5 Å². The van der Waals surface area contributed by atoms with Gasteiger partial charge in [-0.05, 0) is 12.8 Å². The van der Waals surface area contributed by atoms with Gasteiger partial charge in [0, 0.05) is 13.0 Å². The summed E-state index contributed by atoms with van der Waals surface area (Å²) in [6, 6.07) is 0. The van der Waals surface area contributed by atoms with E-state index in [0.717, 1.165) is 12.4 Å². The molecule has 6 nitrogen and oxygen atoms in total. The van der Waals surface area contributed by atoms with Gasteiger partial charge in [-0.15, -0.1) is 0 Å². The molecule has 0 saturated heterocycles. The van der Waals surface area contributed by atoms with Crippen molar-refractivity contribution < 1.29 is 21.6 Å². The fourth-order valence-electron chi connectivity index (χ4n) is 1.21. The lowest BCUT2D eigenvalue weighted by molar-refractivity contribution is -0.135. The molecule has 0 fully saturated rings. The van der Waals surface area contributed by atoms with Crippen molar-refractivity contribution in [1.29, 1.82) is 0 Å². The quantitative estimate of drug-likeness (QED) is 0.765. The predicted molar refractivity (Wildman–Crippen MR) is 61.5 cm³/mol. The third-order valence-corrected chi connectivity index (χ3v) is 3.55. The summed E-state index contributed by atoms with van der Waals surface area (Å²) in [4.78, 5) is 6.86. The monoisotopic (exact) mass is 298 g/mol. The molecule has 1 heterocycles. The molecule has 0 aliphatic rings. The molecular weight excluding hydrogens is 285 g/mol. The van der Waals surface area contributed by atoms with E-state index in [0.29, 0.717) is 0 Å². The highest BCUT2D eigenvalue weighted by atomic mass is 32.2. The van der Waals surface area contributed by atoms with Crippen LogP contribution in [0.15, 0.2) is 17.3 Å². The molecule has 0 amide bonds. The van der Waals surface area contributed by atoms with Gasteiger partial charge >= 0.3 is 6.18 Å². The van der Waals surface area contributed by atoms with Crippen molar-refractivity contribution in [3.8, 4) is 0 Å². The Kier molecular flexibility index (Phi) is 5.06. The van der Waals surface area contributed by atoms with E-state index in [9.17, 15) is 21.6 Å². The number of rotatable bonds is 6. The number of unbranched alkanes of at least 4 members (excludes halogenated alkanes) is 1. The van der Waals surface area contributed by atoms with Crippen LogP contribution in [-0.4, -0.2) is 31.1 Å². The number of alkyl halides is 3. The minimum atomic E-state index is -4.22. The van der Waals surface area contributed by atoms with Crippen LogP contribution in [0.3, 0.4) is 0 Å². The van der Waals surface area contributed by atoms with Gasteiger partial charge < -0.3 is 5.73 Å². The van der Waals surface area contributed by atoms with Gasteiger partial charge in [-0.2, -0.15) is 13.2 Å². The van der Waals surface area contributed by atoms with Crippen LogP contribution in [0.4, 0.5) is 19.1 Å². The number of hydrogen-bond donors (Lipinski definition) is 2. The first kappa shape index (κ1) is 15.6. The Balaban J connectivity index is 2.42. The molecule has 0 aliphatic heterocycles. The van der Waals surface area contributed by atoms with E-state index in [2.05, 4.69) is 14.7 Å². The summed E-state index contributed by atoms with van der Waals surface area (Å²) in [5, 5.41) is 0. The summed E-state index contributed by atoms with van der Waals surface area (Å²) in [7, 11) is -3.80. The van der Waals surface area contributed by atoms with E-state index in [4.69, 9.17) is 5.73 Å². The Hall–Kier alpha value is -1.42. The Morgan fingerprint density at radius 1 is 1.21 bits per heavy atom. The molecule has 10 heteroatoms. The van der Waals surface area contributed by atoms with Crippen molar-refractivity contribution in [2.24, 2.45) is 0 Å². The lowest BCUT2D eigenvalue weighted by atomic mass is 10.2. The van der Waals surface area contributed by atoms with Gasteiger partial charge in [-0.1, -0.05) is 0 Å². The second kappa shape index (κ2) is 6.15. The normalized spacial score (nSPS) is 12.6. The predicted octanol–water partition coefficient (Wildman–Crippen LogP) is 1.07. The molecule has 0 aromatic carbocycles. The Bertz CT molecular complexity index is 501. The average Bonchev–Trinajstić information content (AvgIpc) is 2.27. The SMILES string of the molecule is Nc1ncc(S(=O)(=O)NCCCCC(F)(F)F)cn1. The second-order valence-electron chi connectivity index (χ2n) is 3.75. The van der Waals surface area contributed by atoms with Crippen molar-refractivity contribution >= 4 is 16.0 Å². The molecule has 0 saturated carbocycles. The van der Waals surface area contributed by atoms with Crippen LogP contribution >= 0.6 is 0 Å². The highest BCUT2D eigenvalue weighted by Gasteiger charge is 2.26. The van der Waals surface area contributed by atoms with Gasteiger partial charge in [0.25, 0.3) is 0 Å². The second-order valence-corrected chi connectivity index (χ2v) is 5.51. The van der Waals surface area contributed by atoms with E-state index in [1.54, 1.807) is 0 Å². The van der Waals surface area contributed by atoms with Crippen molar-refractivity contribution in [3.63, 3.8) is 0 Å². The summed E-state index contributed by atoms with van der Waals surface area (Å²) in [5.41, 5.74) is 5.21. The van der Waals surface area contributed by atoms with Crippen molar-refractivity contribution in [2.75, 3.05) is 12.3 Å².